The summed E-state index contributed by atoms with van der Waals surface area (Å²) in [4.78, 5) is 2.57. The number of rotatable bonds is 4. The Bertz CT molecular complexity index is 2250. The molecular weight excluding hydrogens is 599 g/mol. The van der Waals surface area contributed by atoms with Gasteiger partial charge in [-0.1, -0.05) is 154 Å². The molecule has 3 heteroatoms. The molecule has 2 heterocycles. The van der Waals surface area contributed by atoms with E-state index in [1.807, 2.05) is 0 Å². The third-order valence-electron chi connectivity index (χ3n) is 10.9. The van der Waals surface area contributed by atoms with Crippen LogP contribution in [0.2, 0.25) is 26.2 Å². The lowest BCUT2D eigenvalue weighted by Crippen LogP contribution is -2.49. The summed E-state index contributed by atoms with van der Waals surface area (Å²) in [6, 6.07) is 57.0. The first-order chi connectivity index (χ1) is 22.9. The number of anilines is 3. The van der Waals surface area contributed by atoms with Crippen LogP contribution in [0.3, 0.4) is 0 Å². The van der Waals surface area contributed by atoms with Gasteiger partial charge in [-0.25, -0.2) is 0 Å². The van der Waals surface area contributed by atoms with Crippen molar-refractivity contribution >= 4 is 64.7 Å². The van der Waals surface area contributed by atoms with Crippen LogP contribution in [0.15, 0.2) is 152 Å². The van der Waals surface area contributed by atoms with E-state index < -0.39 is 16.1 Å². The lowest BCUT2D eigenvalue weighted by Gasteiger charge is -2.31. The molecular formula is C44H37NSi2. The average Bonchev–Trinajstić information content (AvgIpc) is 3.49. The van der Waals surface area contributed by atoms with E-state index in [1.54, 1.807) is 0 Å². The van der Waals surface area contributed by atoms with Crippen molar-refractivity contribution in [1.29, 1.82) is 0 Å². The Morgan fingerprint density at radius 3 is 1.43 bits per heavy atom. The van der Waals surface area contributed by atoms with Crippen molar-refractivity contribution in [2.24, 2.45) is 0 Å². The van der Waals surface area contributed by atoms with Crippen LogP contribution in [0.4, 0.5) is 17.1 Å². The topological polar surface area (TPSA) is 3.24 Å². The van der Waals surface area contributed by atoms with Gasteiger partial charge in [0.2, 0.25) is 0 Å². The zero-order valence-electron chi connectivity index (χ0n) is 27.4. The highest BCUT2D eigenvalue weighted by molar-refractivity contribution is 7.04. The molecule has 0 unspecified atom stereocenters. The van der Waals surface area contributed by atoms with Crippen LogP contribution < -0.4 is 25.6 Å². The third-order valence-corrected chi connectivity index (χ3v) is 18.0. The Balaban J connectivity index is 1.31. The molecule has 2 aliphatic rings. The van der Waals surface area contributed by atoms with E-state index in [0.29, 0.717) is 0 Å². The normalized spacial score (nSPS) is 14.7. The molecule has 0 N–H and O–H groups in total. The van der Waals surface area contributed by atoms with Gasteiger partial charge in [0.1, 0.15) is 16.1 Å². The third kappa shape index (κ3) is 4.06. The first kappa shape index (κ1) is 28.3. The summed E-state index contributed by atoms with van der Waals surface area (Å²) in [5, 5.41) is 8.67. The number of hydrogen-bond donors (Lipinski definition) is 0. The summed E-state index contributed by atoms with van der Waals surface area (Å²) in [7, 11) is -3.72. The molecule has 47 heavy (non-hydrogen) atoms. The molecule has 7 aromatic carbocycles. The fraction of sp³-hybridized carbons (Fsp3) is 0.0909. The van der Waals surface area contributed by atoms with Gasteiger partial charge < -0.3 is 4.90 Å². The molecule has 0 bridgehead atoms. The second-order valence-corrected chi connectivity index (χ2v) is 22.8. The first-order valence-corrected chi connectivity index (χ1v) is 22.7. The Morgan fingerprint density at radius 1 is 0.383 bits per heavy atom. The van der Waals surface area contributed by atoms with E-state index in [9.17, 15) is 0 Å². The van der Waals surface area contributed by atoms with Crippen LogP contribution in [0.25, 0.3) is 44.2 Å². The number of benzene rings is 7. The van der Waals surface area contributed by atoms with Crippen molar-refractivity contribution in [2.75, 3.05) is 4.90 Å². The Labute approximate surface area is 279 Å². The van der Waals surface area contributed by atoms with Crippen LogP contribution in [0, 0.1) is 0 Å². The number of fused-ring (bicyclic) bond motifs is 7. The van der Waals surface area contributed by atoms with Crippen molar-refractivity contribution in [3.05, 3.63) is 152 Å². The predicted octanol–water partition coefficient (Wildman–Crippen LogP) is 9.58. The van der Waals surface area contributed by atoms with Gasteiger partial charge in [0.05, 0.1) is 11.4 Å². The zero-order valence-corrected chi connectivity index (χ0v) is 29.4. The molecule has 0 aromatic heterocycles. The maximum atomic E-state index is 2.57. The largest absolute Gasteiger partial charge is 0.309 e. The van der Waals surface area contributed by atoms with Gasteiger partial charge in [-0.2, -0.15) is 0 Å². The molecule has 9 rings (SSSR count). The summed E-state index contributed by atoms with van der Waals surface area (Å²) >= 11 is 0. The molecule has 7 aromatic rings. The number of nitrogens with zero attached hydrogens (tertiary/aromatic N) is 1. The zero-order chi connectivity index (χ0) is 31.9. The quantitative estimate of drug-likeness (QED) is 0.174. The second-order valence-electron chi connectivity index (χ2n) is 14.1. The molecule has 0 fully saturated rings. The van der Waals surface area contributed by atoms with E-state index in [4.69, 9.17) is 0 Å². The van der Waals surface area contributed by atoms with Crippen molar-refractivity contribution in [3.8, 4) is 33.4 Å². The van der Waals surface area contributed by atoms with Crippen molar-refractivity contribution in [3.63, 3.8) is 0 Å². The van der Waals surface area contributed by atoms with Crippen LogP contribution >= 0.6 is 0 Å². The minimum atomic E-state index is -1.86. The van der Waals surface area contributed by atoms with Gasteiger partial charge in [-0.15, -0.1) is 0 Å². The minimum Gasteiger partial charge on any atom is -0.309 e. The van der Waals surface area contributed by atoms with Gasteiger partial charge in [-0.3, -0.25) is 0 Å². The monoisotopic (exact) mass is 635 g/mol. The van der Waals surface area contributed by atoms with E-state index in [2.05, 4.69) is 183 Å². The number of hydrogen-bond acceptors (Lipinski definition) is 1. The lowest BCUT2D eigenvalue weighted by molar-refractivity contribution is 1.29. The Kier molecular flexibility index (Phi) is 6.18. The SMILES string of the molecule is C[Si]1(C)c2ccccc2-c2c(N(c3ccc(-c4cccc5ccccc45)cc3)c3cccc4c3-c3ccccc3[Si]4(C)C)cccc21. The highest BCUT2D eigenvalue weighted by Crippen LogP contribution is 2.47. The highest BCUT2D eigenvalue weighted by atomic mass is 28.3. The Hall–Kier alpha value is -4.97. The van der Waals surface area contributed by atoms with Gasteiger partial charge in [0.15, 0.2) is 0 Å². The highest BCUT2D eigenvalue weighted by Gasteiger charge is 2.42. The predicted molar refractivity (Wildman–Crippen MR) is 208 cm³/mol. The molecule has 0 amide bonds. The van der Waals surface area contributed by atoms with Crippen molar-refractivity contribution in [2.45, 2.75) is 26.2 Å². The van der Waals surface area contributed by atoms with Gasteiger partial charge in [-0.05, 0) is 78.0 Å². The van der Waals surface area contributed by atoms with E-state index in [-0.39, 0.29) is 0 Å². The van der Waals surface area contributed by atoms with Gasteiger partial charge >= 0.3 is 0 Å². The summed E-state index contributed by atoms with van der Waals surface area (Å²) in [5.74, 6) is 0. The van der Waals surface area contributed by atoms with Crippen LogP contribution in [-0.2, 0) is 0 Å². The van der Waals surface area contributed by atoms with Gasteiger partial charge in [0.25, 0.3) is 0 Å². The standard InChI is InChI=1S/C44H37NSi2/c1-46(2)39-22-9-7-17-35(39)43-37(20-12-24-41(43)46)45(38-21-13-25-42-44(38)36-18-8-10-23-40(36)47(42,3)4)32-28-26-31(27-29-32)34-19-11-15-30-14-5-6-16-33(30)34/h5-29H,1-4H3. The average molecular weight is 636 g/mol. The maximum Gasteiger partial charge on any atom is 0.113 e. The molecule has 1 nitrogen and oxygen atoms in total. The minimum absolute atomic E-state index is 1.18. The maximum absolute atomic E-state index is 2.57. The smallest absolute Gasteiger partial charge is 0.113 e. The fourth-order valence-corrected chi connectivity index (χ4v) is 14.7. The van der Waals surface area contributed by atoms with Crippen LogP contribution in [0.5, 0.6) is 0 Å². The van der Waals surface area contributed by atoms with Crippen LogP contribution in [-0.4, -0.2) is 16.1 Å². The summed E-state index contributed by atoms with van der Waals surface area (Å²) < 4.78 is 0. The lowest BCUT2D eigenvalue weighted by atomic mass is 9.97. The molecule has 0 aliphatic carbocycles. The molecule has 226 valence electrons. The summed E-state index contributed by atoms with van der Waals surface area (Å²) in [6.07, 6.45) is 0. The van der Waals surface area contributed by atoms with Crippen molar-refractivity contribution < 1.29 is 0 Å². The molecule has 0 radical (unpaired) electrons. The van der Waals surface area contributed by atoms with E-state index >= 15 is 0 Å². The van der Waals surface area contributed by atoms with Gasteiger partial charge in [0, 0.05) is 16.8 Å². The molecule has 0 saturated carbocycles. The van der Waals surface area contributed by atoms with Crippen LogP contribution in [0.1, 0.15) is 0 Å². The molecule has 0 spiro atoms. The van der Waals surface area contributed by atoms with Crippen molar-refractivity contribution in [1.82, 2.24) is 0 Å². The summed E-state index contributed by atoms with van der Waals surface area (Å²) in [6.45, 7) is 10.0. The molecule has 2 aliphatic heterocycles. The first-order valence-electron chi connectivity index (χ1n) is 16.7. The molecule has 0 atom stereocenters. The molecule has 0 saturated heterocycles. The van der Waals surface area contributed by atoms with E-state index in [1.165, 1.54) is 82.0 Å². The van der Waals surface area contributed by atoms with E-state index in [0.717, 1.165) is 0 Å². The Morgan fingerprint density at radius 2 is 0.830 bits per heavy atom. The second kappa shape index (κ2) is 10.3. The fourth-order valence-electron chi connectivity index (χ4n) is 8.52. The summed E-state index contributed by atoms with van der Waals surface area (Å²) in [5.41, 5.74) is 11.8.